The fourth-order valence-electron chi connectivity index (χ4n) is 7.26. The van der Waals surface area contributed by atoms with Gasteiger partial charge in [-0.1, -0.05) is 153 Å². The maximum absolute atomic E-state index is 6.52. The monoisotopic (exact) mass is 736 g/mol. The fourth-order valence-corrected chi connectivity index (χ4v) is 7.26. The average Bonchev–Trinajstić information content (AvgIpc) is 3.81. The van der Waals surface area contributed by atoms with Crippen molar-refractivity contribution in [2.75, 3.05) is 0 Å². The van der Waals surface area contributed by atoms with Gasteiger partial charge in [0.05, 0.1) is 11.2 Å². The van der Waals surface area contributed by atoms with E-state index in [0.717, 1.165) is 77.7 Å². The molecule has 0 fully saturated rings. The van der Waals surface area contributed by atoms with E-state index < -0.39 is 0 Å². The molecule has 7 nitrogen and oxygen atoms in total. The number of benzene rings is 5. The number of hydrogen-bond acceptors (Lipinski definition) is 6. The summed E-state index contributed by atoms with van der Waals surface area (Å²) in [5, 5.41) is 1.89. The molecule has 0 aliphatic carbocycles. The average molecular weight is 737 g/mol. The van der Waals surface area contributed by atoms with Crippen LogP contribution in [0.2, 0.25) is 0 Å². The van der Waals surface area contributed by atoms with Crippen molar-refractivity contribution in [2.24, 2.45) is 0 Å². The van der Waals surface area contributed by atoms with Crippen molar-refractivity contribution in [3.8, 4) is 51.1 Å². The summed E-state index contributed by atoms with van der Waals surface area (Å²) in [6.45, 7) is 14.2. The van der Waals surface area contributed by atoms with Crippen LogP contribution >= 0.6 is 0 Å². The third kappa shape index (κ3) is 6.27. The van der Waals surface area contributed by atoms with Crippen LogP contribution in [0.25, 0.3) is 102 Å². The number of allylic oxidation sites excluding steroid dienone is 5. The predicted molar refractivity (Wildman–Crippen MR) is 234 cm³/mol. The zero-order valence-corrected chi connectivity index (χ0v) is 31.3. The molecule has 0 N–H and O–H groups in total. The van der Waals surface area contributed by atoms with Gasteiger partial charge in [0.15, 0.2) is 23.1 Å². The van der Waals surface area contributed by atoms with Crippen LogP contribution in [0.4, 0.5) is 0 Å². The standard InChI is InChI=1S/C50H36N6O/c1-5-9-19-32(6-2)47-53-49(35-24-17-12-18-25-35)55-50(54-47)56-41(8-4)38(7-3)39-30-36(26-28-42(39)56)37-27-29-43-40(31-37)45-46(57-43)44(33-20-13-10-14-21-33)51-48(52-45)34-22-15-11-16-23-34/h5-31H,1,3-4H2,2H3/b19-9-,32-6+. The molecule has 57 heavy (non-hydrogen) atoms. The topological polar surface area (TPSA) is 82.5 Å². The quantitative estimate of drug-likeness (QED) is 0.130. The molecule has 0 unspecified atom stereocenters. The van der Waals surface area contributed by atoms with Crippen molar-refractivity contribution in [1.29, 1.82) is 0 Å². The summed E-state index contributed by atoms with van der Waals surface area (Å²) in [5.74, 6) is 2.22. The maximum Gasteiger partial charge on any atom is 0.238 e. The first-order chi connectivity index (χ1) is 28.1. The van der Waals surface area contributed by atoms with Gasteiger partial charge < -0.3 is 4.42 Å². The van der Waals surface area contributed by atoms with Crippen LogP contribution in [0, 0.1) is 0 Å². The molecule has 0 aliphatic rings. The first-order valence-corrected chi connectivity index (χ1v) is 18.6. The van der Waals surface area contributed by atoms with E-state index in [-0.39, 0.29) is 0 Å². The predicted octanol–water partition coefficient (Wildman–Crippen LogP) is 12.6. The zero-order chi connectivity index (χ0) is 38.9. The van der Waals surface area contributed by atoms with Gasteiger partial charge in [-0.2, -0.15) is 9.97 Å². The van der Waals surface area contributed by atoms with Gasteiger partial charge in [-0.05, 0) is 48.4 Å². The molecule has 0 amide bonds. The summed E-state index contributed by atoms with van der Waals surface area (Å²) in [4.78, 5) is 25.1. The highest BCUT2D eigenvalue weighted by atomic mass is 16.3. The Morgan fingerprint density at radius 1 is 0.614 bits per heavy atom. The highest BCUT2D eigenvalue weighted by Gasteiger charge is 2.22. The summed E-state index contributed by atoms with van der Waals surface area (Å²) in [7, 11) is 0. The lowest BCUT2D eigenvalue weighted by molar-refractivity contribution is 0.667. The minimum Gasteiger partial charge on any atom is -0.452 e. The molecular weight excluding hydrogens is 701 g/mol. The number of aromatic nitrogens is 6. The summed E-state index contributed by atoms with van der Waals surface area (Å²) in [5.41, 5.74) is 11.2. The first-order valence-electron chi connectivity index (χ1n) is 18.6. The normalized spacial score (nSPS) is 11.8. The van der Waals surface area contributed by atoms with Crippen LogP contribution < -0.4 is 0 Å². The van der Waals surface area contributed by atoms with E-state index in [0.29, 0.717) is 29.0 Å². The Hall–Kier alpha value is -7.77. The van der Waals surface area contributed by atoms with Crippen LogP contribution in [0.5, 0.6) is 0 Å². The van der Waals surface area contributed by atoms with Crippen molar-refractivity contribution >= 4 is 50.7 Å². The lowest BCUT2D eigenvalue weighted by atomic mass is 10.0. The Morgan fingerprint density at radius 3 is 1.88 bits per heavy atom. The molecule has 0 saturated heterocycles. The molecule has 0 atom stereocenters. The van der Waals surface area contributed by atoms with Gasteiger partial charge in [0.2, 0.25) is 5.95 Å². The van der Waals surface area contributed by atoms with Crippen molar-refractivity contribution in [3.63, 3.8) is 0 Å². The molecular formula is C50H36N6O. The first kappa shape index (κ1) is 35.0. The third-order valence-electron chi connectivity index (χ3n) is 10.0. The van der Waals surface area contributed by atoms with Gasteiger partial charge in [0.1, 0.15) is 16.8 Å². The van der Waals surface area contributed by atoms with Crippen LogP contribution in [0.1, 0.15) is 24.0 Å². The molecule has 5 aromatic carbocycles. The van der Waals surface area contributed by atoms with Crippen molar-refractivity contribution in [2.45, 2.75) is 6.92 Å². The Balaban J connectivity index is 1.23. The molecule has 0 saturated carbocycles. The zero-order valence-electron chi connectivity index (χ0n) is 31.3. The molecule has 4 aromatic heterocycles. The number of hydrogen-bond donors (Lipinski definition) is 0. The van der Waals surface area contributed by atoms with Gasteiger partial charge >= 0.3 is 0 Å². The smallest absolute Gasteiger partial charge is 0.238 e. The SMILES string of the molecule is C=C/C=C\C(=C/C)c1nc(-c2ccccc2)nc(-n2c(C=C)c(C=C)c3cc(-c4ccc5oc6c(-c7ccccc7)nc(-c7ccccc7)nc6c5c4)ccc32)n1. The Kier molecular flexibility index (Phi) is 9.08. The van der Waals surface area contributed by atoms with Gasteiger partial charge in [-0.15, -0.1) is 0 Å². The van der Waals surface area contributed by atoms with Gasteiger partial charge in [0, 0.05) is 38.6 Å². The number of nitrogens with zero attached hydrogens (tertiary/aromatic N) is 6. The summed E-state index contributed by atoms with van der Waals surface area (Å²) in [6.07, 6.45) is 11.2. The second kappa shape index (κ2) is 14.8. The molecule has 0 radical (unpaired) electrons. The minimum absolute atomic E-state index is 0.473. The lowest BCUT2D eigenvalue weighted by Gasteiger charge is -2.12. The Bertz CT molecular complexity index is 3060. The van der Waals surface area contributed by atoms with Crippen LogP contribution in [0.15, 0.2) is 176 Å². The number of furan rings is 1. The highest BCUT2D eigenvalue weighted by molar-refractivity contribution is 6.08. The van der Waals surface area contributed by atoms with E-state index in [1.165, 1.54) is 0 Å². The van der Waals surface area contributed by atoms with Gasteiger partial charge in [-0.3, -0.25) is 4.57 Å². The number of rotatable bonds is 10. The molecule has 7 heteroatoms. The second-order valence-electron chi connectivity index (χ2n) is 13.4. The molecule has 4 heterocycles. The molecule has 9 rings (SSSR count). The fraction of sp³-hybridized carbons (Fsp3) is 0.0200. The minimum atomic E-state index is 0.473. The van der Waals surface area contributed by atoms with E-state index in [1.807, 2.05) is 139 Å². The molecule has 0 aliphatic heterocycles. The summed E-state index contributed by atoms with van der Waals surface area (Å²) >= 11 is 0. The molecule has 272 valence electrons. The van der Waals surface area contributed by atoms with Gasteiger partial charge in [-0.25, -0.2) is 15.0 Å². The van der Waals surface area contributed by atoms with Gasteiger partial charge in [0.25, 0.3) is 0 Å². The molecule has 0 spiro atoms. The van der Waals surface area contributed by atoms with Crippen molar-refractivity contribution in [1.82, 2.24) is 29.5 Å². The number of fused-ring (bicyclic) bond motifs is 4. The van der Waals surface area contributed by atoms with Crippen molar-refractivity contribution < 1.29 is 4.42 Å². The molecule has 9 aromatic rings. The van der Waals surface area contributed by atoms with E-state index in [9.17, 15) is 0 Å². The van der Waals surface area contributed by atoms with Crippen LogP contribution in [-0.4, -0.2) is 29.5 Å². The summed E-state index contributed by atoms with van der Waals surface area (Å²) in [6, 6.07) is 42.7. The third-order valence-corrected chi connectivity index (χ3v) is 10.0. The maximum atomic E-state index is 6.52. The Labute approximate surface area is 330 Å². The summed E-state index contributed by atoms with van der Waals surface area (Å²) < 4.78 is 8.55. The lowest BCUT2D eigenvalue weighted by Crippen LogP contribution is -2.09. The van der Waals surface area contributed by atoms with Crippen LogP contribution in [0.3, 0.4) is 0 Å². The van der Waals surface area contributed by atoms with Crippen molar-refractivity contribution in [3.05, 3.63) is 189 Å². The molecule has 0 bridgehead atoms. The van der Waals surface area contributed by atoms with E-state index in [2.05, 4.69) is 50.1 Å². The van der Waals surface area contributed by atoms with E-state index >= 15 is 0 Å². The Morgan fingerprint density at radius 2 is 1.25 bits per heavy atom. The van der Waals surface area contributed by atoms with E-state index in [4.69, 9.17) is 29.3 Å². The second-order valence-corrected chi connectivity index (χ2v) is 13.4. The largest absolute Gasteiger partial charge is 0.452 e. The van der Waals surface area contributed by atoms with E-state index in [1.54, 1.807) is 6.08 Å². The van der Waals surface area contributed by atoms with Crippen LogP contribution in [-0.2, 0) is 0 Å². The highest BCUT2D eigenvalue weighted by Crippen LogP contribution is 2.39.